The summed E-state index contributed by atoms with van der Waals surface area (Å²) >= 11 is 3.43. The van der Waals surface area contributed by atoms with Gasteiger partial charge in [-0.3, -0.25) is 0 Å². The van der Waals surface area contributed by atoms with Crippen molar-refractivity contribution in [1.82, 2.24) is 0 Å². The summed E-state index contributed by atoms with van der Waals surface area (Å²) < 4.78 is 6.71. The fourth-order valence-electron chi connectivity index (χ4n) is 1.82. The van der Waals surface area contributed by atoms with E-state index in [0.29, 0.717) is 6.61 Å². The molecule has 0 spiro atoms. The van der Waals surface area contributed by atoms with E-state index in [1.807, 2.05) is 24.3 Å². The second kappa shape index (κ2) is 7.19. The number of halogens is 1. The first kappa shape index (κ1) is 13.9. The van der Waals surface area contributed by atoms with Gasteiger partial charge in [-0.05, 0) is 42.3 Å². The van der Waals surface area contributed by atoms with Crippen LogP contribution in [0.4, 0.5) is 5.69 Å². The number of hydrogen-bond donors (Lipinski definition) is 1. The predicted molar refractivity (Wildman–Crippen MR) is 83.9 cm³/mol. The van der Waals surface area contributed by atoms with E-state index >= 15 is 0 Å². The molecule has 100 valence electrons. The summed E-state index contributed by atoms with van der Waals surface area (Å²) in [6, 6.07) is 16.4. The van der Waals surface area contributed by atoms with E-state index in [4.69, 9.17) is 4.74 Å². The van der Waals surface area contributed by atoms with Crippen LogP contribution in [0.2, 0.25) is 0 Å². The molecule has 0 bridgehead atoms. The maximum Gasteiger partial charge on any atom is 0.120 e. The summed E-state index contributed by atoms with van der Waals surface area (Å²) in [7, 11) is 0. The smallest absolute Gasteiger partial charge is 0.120 e. The van der Waals surface area contributed by atoms with Gasteiger partial charge in [0, 0.05) is 16.7 Å². The van der Waals surface area contributed by atoms with Crippen molar-refractivity contribution >= 4 is 21.6 Å². The molecule has 2 nitrogen and oxygen atoms in total. The fourth-order valence-corrected chi connectivity index (χ4v) is 2.20. The van der Waals surface area contributed by atoms with Crippen LogP contribution in [-0.4, -0.2) is 13.2 Å². The minimum Gasteiger partial charge on any atom is -0.492 e. The monoisotopic (exact) mass is 319 g/mol. The average Bonchev–Trinajstić information content (AvgIpc) is 2.44. The van der Waals surface area contributed by atoms with Gasteiger partial charge in [0.15, 0.2) is 0 Å². The summed E-state index contributed by atoms with van der Waals surface area (Å²) in [5.74, 6) is 0.887. The minimum absolute atomic E-state index is 0.646. The van der Waals surface area contributed by atoms with Crippen LogP contribution in [0.15, 0.2) is 53.0 Å². The summed E-state index contributed by atoms with van der Waals surface area (Å²) in [5, 5.41) is 3.37. The summed E-state index contributed by atoms with van der Waals surface area (Å²) in [6.07, 6.45) is 1.06. The SMILES string of the molecule is CCc1cccc(NCCOc2cccc(Br)c2)c1. The highest BCUT2D eigenvalue weighted by Gasteiger charge is 1.96. The van der Waals surface area contributed by atoms with E-state index in [0.717, 1.165) is 28.9 Å². The van der Waals surface area contributed by atoms with E-state index in [9.17, 15) is 0 Å². The molecule has 0 aliphatic rings. The highest BCUT2D eigenvalue weighted by atomic mass is 79.9. The van der Waals surface area contributed by atoms with Crippen molar-refractivity contribution in [3.8, 4) is 5.75 Å². The third-order valence-corrected chi connectivity index (χ3v) is 3.32. The van der Waals surface area contributed by atoms with Crippen molar-refractivity contribution in [3.63, 3.8) is 0 Å². The van der Waals surface area contributed by atoms with Crippen molar-refractivity contribution in [2.75, 3.05) is 18.5 Å². The Morgan fingerprint density at radius 2 is 1.95 bits per heavy atom. The van der Waals surface area contributed by atoms with Crippen LogP contribution < -0.4 is 10.1 Å². The number of benzene rings is 2. The van der Waals surface area contributed by atoms with Crippen LogP contribution in [0.1, 0.15) is 12.5 Å². The lowest BCUT2D eigenvalue weighted by Gasteiger charge is -2.09. The Morgan fingerprint density at radius 3 is 2.74 bits per heavy atom. The van der Waals surface area contributed by atoms with Crippen molar-refractivity contribution in [2.24, 2.45) is 0 Å². The molecule has 0 unspecified atom stereocenters. The molecular formula is C16H18BrNO. The van der Waals surface area contributed by atoms with Crippen LogP contribution in [0.3, 0.4) is 0 Å². The first-order chi connectivity index (χ1) is 9.28. The van der Waals surface area contributed by atoms with Gasteiger partial charge in [0.05, 0.1) is 0 Å². The van der Waals surface area contributed by atoms with Gasteiger partial charge in [-0.15, -0.1) is 0 Å². The maximum absolute atomic E-state index is 5.67. The summed E-state index contributed by atoms with van der Waals surface area (Å²) in [5.41, 5.74) is 2.50. The third-order valence-electron chi connectivity index (χ3n) is 2.83. The quantitative estimate of drug-likeness (QED) is 0.791. The molecule has 0 saturated heterocycles. The molecule has 0 aliphatic heterocycles. The molecular weight excluding hydrogens is 302 g/mol. The molecule has 0 aliphatic carbocycles. The highest BCUT2D eigenvalue weighted by Crippen LogP contribution is 2.17. The van der Waals surface area contributed by atoms with E-state index < -0.39 is 0 Å². The second-order valence-corrected chi connectivity index (χ2v) is 5.20. The Bertz CT molecular complexity index is 528. The maximum atomic E-state index is 5.67. The number of nitrogens with one attached hydrogen (secondary N) is 1. The van der Waals surface area contributed by atoms with Gasteiger partial charge >= 0.3 is 0 Å². The molecule has 0 atom stereocenters. The zero-order chi connectivity index (χ0) is 13.5. The summed E-state index contributed by atoms with van der Waals surface area (Å²) in [6.45, 7) is 3.60. The first-order valence-corrected chi connectivity index (χ1v) is 7.28. The van der Waals surface area contributed by atoms with Gasteiger partial charge in [-0.2, -0.15) is 0 Å². The lowest BCUT2D eigenvalue weighted by Crippen LogP contribution is -2.11. The molecule has 2 aromatic carbocycles. The van der Waals surface area contributed by atoms with E-state index in [2.05, 4.69) is 52.4 Å². The van der Waals surface area contributed by atoms with E-state index in [1.165, 1.54) is 5.56 Å². The number of aryl methyl sites for hydroxylation is 1. The molecule has 1 N–H and O–H groups in total. The second-order valence-electron chi connectivity index (χ2n) is 4.29. The van der Waals surface area contributed by atoms with Crippen LogP contribution in [0.5, 0.6) is 5.75 Å². The Morgan fingerprint density at radius 1 is 1.11 bits per heavy atom. The van der Waals surface area contributed by atoms with Gasteiger partial charge in [-0.1, -0.05) is 41.1 Å². The molecule has 0 aromatic heterocycles. The Labute approximate surface area is 122 Å². The Kier molecular flexibility index (Phi) is 5.28. The number of hydrogen-bond acceptors (Lipinski definition) is 2. The topological polar surface area (TPSA) is 21.3 Å². The van der Waals surface area contributed by atoms with Gasteiger partial charge in [0.1, 0.15) is 12.4 Å². The zero-order valence-electron chi connectivity index (χ0n) is 11.0. The van der Waals surface area contributed by atoms with Crippen LogP contribution in [0.25, 0.3) is 0 Å². The van der Waals surface area contributed by atoms with Gasteiger partial charge in [0.25, 0.3) is 0 Å². The van der Waals surface area contributed by atoms with Crippen LogP contribution in [0, 0.1) is 0 Å². The number of ether oxygens (including phenoxy) is 1. The molecule has 0 saturated carbocycles. The molecule has 19 heavy (non-hydrogen) atoms. The Hall–Kier alpha value is -1.48. The lowest BCUT2D eigenvalue weighted by molar-refractivity contribution is 0.332. The molecule has 0 heterocycles. The molecule has 0 fully saturated rings. The predicted octanol–water partition coefficient (Wildman–Crippen LogP) is 4.50. The van der Waals surface area contributed by atoms with Crippen molar-refractivity contribution < 1.29 is 4.74 Å². The average molecular weight is 320 g/mol. The van der Waals surface area contributed by atoms with E-state index in [1.54, 1.807) is 0 Å². The standard InChI is InChI=1S/C16H18BrNO/c1-2-13-5-3-7-15(11-13)18-9-10-19-16-8-4-6-14(17)12-16/h3-8,11-12,18H,2,9-10H2,1H3. The molecule has 0 radical (unpaired) electrons. The van der Waals surface area contributed by atoms with Gasteiger partial charge in [0.2, 0.25) is 0 Å². The zero-order valence-corrected chi connectivity index (χ0v) is 12.6. The minimum atomic E-state index is 0.646. The molecule has 3 heteroatoms. The van der Waals surface area contributed by atoms with Gasteiger partial charge < -0.3 is 10.1 Å². The van der Waals surface area contributed by atoms with E-state index in [-0.39, 0.29) is 0 Å². The van der Waals surface area contributed by atoms with Gasteiger partial charge in [-0.25, -0.2) is 0 Å². The first-order valence-electron chi connectivity index (χ1n) is 6.49. The molecule has 2 aromatic rings. The highest BCUT2D eigenvalue weighted by molar-refractivity contribution is 9.10. The number of anilines is 1. The summed E-state index contributed by atoms with van der Waals surface area (Å²) in [4.78, 5) is 0. The lowest BCUT2D eigenvalue weighted by atomic mass is 10.1. The largest absolute Gasteiger partial charge is 0.492 e. The molecule has 0 amide bonds. The Balaban J connectivity index is 1.77. The van der Waals surface area contributed by atoms with Crippen molar-refractivity contribution in [2.45, 2.75) is 13.3 Å². The normalized spacial score (nSPS) is 10.2. The molecule has 2 rings (SSSR count). The van der Waals surface area contributed by atoms with Crippen molar-refractivity contribution in [3.05, 3.63) is 58.6 Å². The fraction of sp³-hybridized carbons (Fsp3) is 0.250. The van der Waals surface area contributed by atoms with Crippen LogP contribution in [-0.2, 0) is 6.42 Å². The number of rotatable bonds is 6. The van der Waals surface area contributed by atoms with Crippen LogP contribution >= 0.6 is 15.9 Å². The third kappa shape index (κ3) is 4.60. The van der Waals surface area contributed by atoms with Crippen molar-refractivity contribution in [1.29, 1.82) is 0 Å².